The molecular weight excluding hydrogens is 344 g/mol. The molecule has 0 atom stereocenters. The summed E-state index contributed by atoms with van der Waals surface area (Å²) in [6.45, 7) is 0. The molecule has 5 rings (SSSR count). The highest BCUT2D eigenvalue weighted by Crippen LogP contribution is 2.43. The second kappa shape index (κ2) is 6.61. The summed E-state index contributed by atoms with van der Waals surface area (Å²) in [6, 6.07) is 36.6. The van der Waals surface area contributed by atoms with Crippen LogP contribution in [0.4, 0.5) is 0 Å². The van der Waals surface area contributed by atoms with Gasteiger partial charge in [0.1, 0.15) is 0 Å². The third-order valence-electron chi connectivity index (χ3n) is 5.15. The van der Waals surface area contributed by atoms with Gasteiger partial charge in [-0.25, -0.2) is 0 Å². The Labute approximate surface area is 164 Å². The molecule has 0 spiro atoms. The molecule has 0 aliphatic rings. The molecule has 0 radical (unpaired) electrons. The Kier molecular flexibility index (Phi) is 3.95. The van der Waals surface area contributed by atoms with Crippen molar-refractivity contribution in [2.24, 2.45) is 0 Å². The molecule has 5 aromatic rings. The van der Waals surface area contributed by atoms with Gasteiger partial charge in [0.05, 0.1) is 0 Å². The van der Waals surface area contributed by atoms with Crippen LogP contribution in [0.5, 0.6) is 0 Å². The summed E-state index contributed by atoms with van der Waals surface area (Å²) in [5, 5.41) is 5.13. The molecule has 0 saturated carbocycles. The molecule has 0 saturated heterocycles. The zero-order chi connectivity index (χ0) is 18.2. The first-order valence-electron chi connectivity index (χ1n) is 9.11. The molecule has 0 aliphatic carbocycles. The quantitative estimate of drug-likeness (QED) is 0.242. The van der Waals surface area contributed by atoms with Gasteiger partial charge in [0.15, 0.2) is 0 Å². The van der Waals surface area contributed by atoms with Gasteiger partial charge in [0.2, 0.25) is 0 Å². The maximum Gasteiger partial charge on any atom is 0.00404 e. The lowest BCUT2D eigenvalue weighted by Gasteiger charge is -2.17. The van der Waals surface area contributed by atoms with Crippen molar-refractivity contribution in [2.75, 3.05) is 0 Å². The lowest BCUT2D eigenvalue weighted by Crippen LogP contribution is -1.90. The average molecular weight is 362 g/mol. The fourth-order valence-corrected chi connectivity index (χ4v) is 4.13. The first-order chi connectivity index (χ1) is 13.3. The Morgan fingerprint density at radius 2 is 0.741 bits per heavy atom. The van der Waals surface area contributed by atoms with Crippen LogP contribution in [-0.4, -0.2) is 0 Å². The van der Waals surface area contributed by atoms with Crippen LogP contribution in [0, 0.1) is 0 Å². The second-order valence-corrected chi connectivity index (χ2v) is 7.27. The van der Waals surface area contributed by atoms with E-state index in [9.17, 15) is 0 Å². The number of fused-ring (bicyclic) bond motifs is 2. The van der Waals surface area contributed by atoms with E-state index >= 15 is 0 Å². The van der Waals surface area contributed by atoms with E-state index in [1.165, 1.54) is 43.8 Å². The zero-order valence-electron chi connectivity index (χ0n) is 14.8. The summed E-state index contributed by atoms with van der Waals surface area (Å²) in [7, 11) is 0. The standard InChI is InChI=1S/C26H18S/c27-20-16-14-19(15-17-20)26-23-12-6-4-10-21(23)25(18-8-2-1-3-9-18)22-11-5-7-13-24(22)26/h1-17,27H. The lowest BCUT2D eigenvalue weighted by atomic mass is 9.86. The highest BCUT2D eigenvalue weighted by atomic mass is 32.1. The maximum atomic E-state index is 4.46. The van der Waals surface area contributed by atoms with Crippen molar-refractivity contribution in [2.45, 2.75) is 4.90 Å². The molecule has 0 amide bonds. The summed E-state index contributed by atoms with van der Waals surface area (Å²) >= 11 is 4.46. The van der Waals surface area contributed by atoms with E-state index in [0.29, 0.717) is 0 Å². The van der Waals surface area contributed by atoms with Gasteiger partial charge < -0.3 is 0 Å². The normalized spacial score (nSPS) is 11.1. The molecule has 0 nitrogen and oxygen atoms in total. The smallest absolute Gasteiger partial charge is 0.00404 e. The third-order valence-corrected chi connectivity index (χ3v) is 5.45. The predicted molar refractivity (Wildman–Crippen MR) is 120 cm³/mol. The Morgan fingerprint density at radius 1 is 0.370 bits per heavy atom. The lowest BCUT2D eigenvalue weighted by molar-refractivity contribution is 1.48. The number of hydrogen-bond donors (Lipinski definition) is 1. The number of rotatable bonds is 2. The van der Waals surface area contributed by atoms with Gasteiger partial charge in [-0.2, -0.15) is 0 Å². The first-order valence-corrected chi connectivity index (χ1v) is 9.56. The number of benzene rings is 5. The molecule has 0 N–H and O–H groups in total. The van der Waals surface area contributed by atoms with Gasteiger partial charge in [-0.15, -0.1) is 12.6 Å². The van der Waals surface area contributed by atoms with Crippen molar-refractivity contribution >= 4 is 34.2 Å². The van der Waals surface area contributed by atoms with Crippen molar-refractivity contribution in [3.8, 4) is 22.3 Å². The molecule has 0 unspecified atom stereocenters. The molecule has 27 heavy (non-hydrogen) atoms. The minimum atomic E-state index is 0.980. The van der Waals surface area contributed by atoms with Crippen LogP contribution in [0.2, 0.25) is 0 Å². The zero-order valence-corrected chi connectivity index (χ0v) is 15.7. The minimum absolute atomic E-state index is 0.980. The van der Waals surface area contributed by atoms with E-state index in [1.54, 1.807) is 0 Å². The van der Waals surface area contributed by atoms with Crippen LogP contribution in [0.15, 0.2) is 108 Å². The van der Waals surface area contributed by atoms with E-state index in [4.69, 9.17) is 0 Å². The fourth-order valence-electron chi connectivity index (χ4n) is 3.98. The van der Waals surface area contributed by atoms with Crippen molar-refractivity contribution in [1.29, 1.82) is 0 Å². The van der Waals surface area contributed by atoms with Crippen LogP contribution in [-0.2, 0) is 0 Å². The Balaban J connectivity index is 1.99. The summed E-state index contributed by atoms with van der Waals surface area (Å²) in [5.41, 5.74) is 5.06. The molecular formula is C26H18S. The van der Waals surface area contributed by atoms with Gasteiger partial charge >= 0.3 is 0 Å². The Morgan fingerprint density at radius 3 is 1.19 bits per heavy atom. The topological polar surface area (TPSA) is 0 Å². The van der Waals surface area contributed by atoms with Crippen molar-refractivity contribution in [1.82, 2.24) is 0 Å². The summed E-state index contributed by atoms with van der Waals surface area (Å²) in [5.74, 6) is 0. The molecule has 1 heteroatoms. The van der Waals surface area contributed by atoms with E-state index in [2.05, 4.69) is 116 Å². The van der Waals surface area contributed by atoms with Crippen LogP contribution in [0.25, 0.3) is 43.8 Å². The third kappa shape index (κ3) is 2.72. The van der Waals surface area contributed by atoms with Crippen LogP contribution >= 0.6 is 12.6 Å². The van der Waals surface area contributed by atoms with Crippen LogP contribution < -0.4 is 0 Å². The van der Waals surface area contributed by atoms with Gasteiger partial charge in [-0.1, -0.05) is 91.0 Å². The van der Waals surface area contributed by atoms with E-state index in [1.807, 2.05) is 0 Å². The van der Waals surface area contributed by atoms with Gasteiger partial charge in [0, 0.05) is 4.90 Å². The van der Waals surface area contributed by atoms with Crippen LogP contribution in [0.1, 0.15) is 0 Å². The monoisotopic (exact) mass is 362 g/mol. The number of hydrogen-bond acceptors (Lipinski definition) is 1. The number of thiol groups is 1. The van der Waals surface area contributed by atoms with Crippen molar-refractivity contribution < 1.29 is 0 Å². The highest BCUT2D eigenvalue weighted by molar-refractivity contribution is 7.80. The molecule has 0 heterocycles. The summed E-state index contributed by atoms with van der Waals surface area (Å²) < 4.78 is 0. The van der Waals surface area contributed by atoms with Crippen molar-refractivity contribution in [3.63, 3.8) is 0 Å². The predicted octanol–water partition coefficient (Wildman–Crippen LogP) is 7.62. The van der Waals surface area contributed by atoms with E-state index < -0.39 is 0 Å². The van der Waals surface area contributed by atoms with Gasteiger partial charge in [-0.05, 0) is 55.9 Å². The average Bonchev–Trinajstić information content (AvgIpc) is 2.73. The molecule has 5 aromatic carbocycles. The van der Waals surface area contributed by atoms with Crippen molar-refractivity contribution in [3.05, 3.63) is 103 Å². The van der Waals surface area contributed by atoms with E-state index in [0.717, 1.165) is 4.90 Å². The minimum Gasteiger partial charge on any atom is -0.143 e. The molecule has 0 bridgehead atoms. The summed E-state index contributed by atoms with van der Waals surface area (Å²) in [4.78, 5) is 0.980. The van der Waals surface area contributed by atoms with E-state index in [-0.39, 0.29) is 0 Å². The Hall–Kier alpha value is -3.03. The molecule has 0 aliphatic heterocycles. The second-order valence-electron chi connectivity index (χ2n) is 6.75. The van der Waals surface area contributed by atoms with Gasteiger partial charge in [-0.3, -0.25) is 0 Å². The largest absolute Gasteiger partial charge is 0.143 e. The first kappa shape index (κ1) is 16.2. The van der Waals surface area contributed by atoms with Crippen LogP contribution in [0.3, 0.4) is 0 Å². The maximum absolute atomic E-state index is 4.46. The highest BCUT2D eigenvalue weighted by Gasteiger charge is 2.15. The SMILES string of the molecule is Sc1ccc(-c2c3ccccc3c(-c3ccccc3)c3ccccc23)cc1. The molecule has 0 aromatic heterocycles. The fraction of sp³-hybridized carbons (Fsp3) is 0. The summed E-state index contributed by atoms with van der Waals surface area (Å²) in [6.07, 6.45) is 0. The molecule has 0 fully saturated rings. The molecule has 128 valence electrons. The Bertz CT molecular complexity index is 1200. The van der Waals surface area contributed by atoms with Gasteiger partial charge in [0.25, 0.3) is 0 Å².